The molecular formula is C17H20N2O2S. The van der Waals surface area contributed by atoms with Gasteiger partial charge >= 0.3 is 0 Å². The van der Waals surface area contributed by atoms with Crippen LogP contribution < -0.4 is 10.6 Å². The SMILES string of the molecule is CSc1ccc(CNc2cccc(C(=O)NCCO)c2)cc1. The van der Waals surface area contributed by atoms with Crippen LogP contribution in [0.25, 0.3) is 0 Å². The average molecular weight is 316 g/mol. The molecule has 0 spiro atoms. The van der Waals surface area contributed by atoms with Gasteiger partial charge in [-0.15, -0.1) is 11.8 Å². The lowest BCUT2D eigenvalue weighted by Gasteiger charge is -2.09. The van der Waals surface area contributed by atoms with Crippen molar-refractivity contribution in [2.45, 2.75) is 11.4 Å². The standard InChI is InChI=1S/C17H20N2O2S/c1-22-16-7-5-13(6-8-16)12-19-15-4-2-3-14(11-15)17(21)18-9-10-20/h2-8,11,19-20H,9-10,12H2,1H3,(H,18,21). The maximum absolute atomic E-state index is 11.8. The molecule has 0 aliphatic carbocycles. The second-order valence-corrected chi connectivity index (χ2v) is 5.64. The van der Waals surface area contributed by atoms with E-state index < -0.39 is 0 Å². The Hall–Kier alpha value is -1.98. The summed E-state index contributed by atoms with van der Waals surface area (Å²) in [5.74, 6) is -0.179. The summed E-state index contributed by atoms with van der Waals surface area (Å²) in [7, 11) is 0. The number of amides is 1. The fourth-order valence-electron chi connectivity index (χ4n) is 1.99. The quantitative estimate of drug-likeness (QED) is 0.687. The van der Waals surface area contributed by atoms with Crippen LogP contribution in [-0.4, -0.2) is 30.4 Å². The third-order valence-electron chi connectivity index (χ3n) is 3.18. The number of carbonyl (C=O) groups is 1. The third-order valence-corrected chi connectivity index (χ3v) is 3.92. The van der Waals surface area contributed by atoms with Crippen molar-refractivity contribution < 1.29 is 9.90 Å². The summed E-state index contributed by atoms with van der Waals surface area (Å²) in [5.41, 5.74) is 2.66. The minimum absolute atomic E-state index is 0.0598. The van der Waals surface area contributed by atoms with E-state index >= 15 is 0 Å². The Morgan fingerprint density at radius 2 is 1.95 bits per heavy atom. The fraction of sp³-hybridized carbons (Fsp3) is 0.235. The number of benzene rings is 2. The fourth-order valence-corrected chi connectivity index (χ4v) is 2.40. The van der Waals surface area contributed by atoms with Crippen LogP contribution in [0.1, 0.15) is 15.9 Å². The summed E-state index contributed by atoms with van der Waals surface area (Å²) in [5, 5.41) is 14.7. The summed E-state index contributed by atoms with van der Waals surface area (Å²) in [6.45, 7) is 0.907. The van der Waals surface area contributed by atoms with Crippen molar-refractivity contribution >= 4 is 23.4 Å². The first-order valence-corrected chi connectivity index (χ1v) is 8.31. The van der Waals surface area contributed by atoms with Crippen LogP contribution >= 0.6 is 11.8 Å². The maximum atomic E-state index is 11.8. The highest BCUT2D eigenvalue weighted by molar-refractivity contribution is 7.98. The van der Waals surface area contributed by atoms with Crippen LogP contribution in [0.5, 0.6) is 0 Å². The van der Waals surface area contributed by atoms with Gasteiger partial charge in [0.15, 0.2) is 0 Å². The highest BCUT2D eigenvalue weighted by Crippen LogP contribution is 2.16. The van der Waals surface area contributed by atoms with Crippen molar-refractivity contribution in [3.63, 3.8) is 0 Å². The molecule has 22 heavy (non-hydrogen) atoms. The number of anilines is 1. The van der Waals surface area contributed by atoms with E-state index in [4.69, 9.17) is 5.11 Å². The molecule has 0 radical (unpaired) electrons. The number of aliphatic hydroxyl groups excluding tert-OH is 1. The van der Waals surface area contributed by atoms with E-state index in [9.17, 15) is 4.79 Å². The molecule has 0 bridgehead atoms. The number of thioether (sulfide) groups is 1. The number of nitrogens with one attached hydrogen (secondary N) is 2. The van der Waals surface area contributed by atoms with E-state index in [0.717, 1.165) is 5.69 Å². The Morgan fingerprint density at radius 3 is 2.64 bits per heavy atom. The van der Waals surface area contributed by atoms with Crippen LogP contribution in [0.3, 0.4) is 0 Å². The molecule has 2 aromatic carbocycles. The van der Waals surface area contributed by atoms with Crippen molar-refractivity contribution in [1.82, 2.24) is 5.32 Å². The zero-order valence-electron chi connectivity index (χ0n) is 12.5. The first-order chi connectivity index (χ1) is 10.7. The number of hydrogen-bond acceptors (Lipinski definition) is 4. The molecule has 5 heteroatoms. The van der Waals surface area contributed by atoms with Gasteiger partial charge < -0.3 is 15.7 Å². The summed E-state index contributed by atoms with van der Waals surface area (Å²) in [6.07, 6.45) is 2.06. The predicted molar refractivity (Wildman–Crippen MR) is 91.4 cm³/mol. The van der Waals surface area contributed by atoms with Gasteiger partial charge in [-0.1, -0.05) is 18.2 Å². The Balaban J connectivity index is 1.96. The van der Waals surface area contributed by atoms with E-state index in [1.54, 1.807) is 17.8 Å². The lowest BCUT2D eigenvalue weighted by atomic mass is 10.1. The van der Waals surface area contributed by atoms with Crippen LogP contribution in [0.4, 0.5) is 5.69 Å². The lowest BCUT2D eigenvalue weighted by Crippen LogP contribution is -2.26. The second-order valence-electron chi connectivity index (χ2n) is 4.76. The normalized spacial score (nSPS) is 10.3. The Morgan fingerprint density at radius 1 is 1.18 bits per heavy atom. The smallest absolute Gasteiger partial charge is 0.251 e. The first kappa shape index (κ1) is 16.4. The van der Waals surface area contributed by atoms with Gasteiger partial charge in [0.1, 0.15) is 0 Å². The molecule has 0 heterocycles. The molecule has 0 unspecified atom stereocenters. The third kappa shape index (κ3) is 4.79. The zero-order valence-corrected chi connectivity index (χ0v) is 13.3. The van der Waals surface area contributed by atoms with Crippen LogP contribution in [0.15, 0.2) is 53.4 Å². The molecule has 0 atom stereocenters. The second kappa shape index (κ2) is 8.46. The van der Waals surface area contributed by atoms with Gasteiger partial charge in [0, 0.05) is 29.2 Å². The maximum Gasteiger partial charge on any atom is 0.251 e. The van der Waals surface area contributed by atoms with Crippen LogP contribution in [0, 0.1) is 0 Å². The van der Waals surface area contributed by atoms with Gasteiger partial charge in [-0.05, 0) is 42.2 Å². The molecule has 0 saturated carbocycles. The van der Waals surface area contributed by atoms with E-state index in [2.05, 4.69) is 41.2 Å². The molecule has 2 rings (SSSR count). The first-order valence-electron chi connectivity index (χ1n) is 7.09. The molecule has 4 nitrogen and oxygen atoms in total. The van der Waals surface area contributed by atoms with Gasteiger partial charge in [0.25, 0.3) is 5.91 Å². The molecular weight excluding hydrogens is 296 g/mol. The number of hydrogen-bond donors (Lipinski definition) is 3. The molecule has 0 aliphatic heterocycles. The van der Waals surface area contributed by atoms with Gasteiger partial charge in [-0.3, -0.25) is 4.79 Å². The molecule has 116 valence electrons. The summed E-state index contributed by atoms with van der Waals surface area (Å²) in [6, 6.07) is 15.7. The molecule has 0 aromatic heterocycles. The van der Waals surface area contributed by atoms with Crippen molar-refractivity contribution in [2.75, 3.05) is 24.7 Å². The summed E-state index contributed by atoms with van der Waals surface area (Å²) < 4.78 is 0. The summed E-state index contributed by atoms with van der Waals surface area (Å²) >= 11 is 1.72. The Labute approximate surface area is 134 Å². The van der Waals surface area contributed by atoms with Gasteiger partial charge in [0.05, 0.1) is 6.61 Å². The number of carbonyl (C=O) groups excluding carboxylic acids is 1. The largest absolute Gasteiger partial charge is 0.395 e. The minimum atomic E-state index is -0.179. The molecule has 2 aromatic rings. The molecule has 3 N–H and O–H groups in total. The van der Waals surface area contributed by atoms with Crippen LogP contribution in [-0.2, 0) is 6.54 Å². The van der Waals surface area contributed by atoms with E-state index in [0.29, 0.717) is 12.1 Å². The number of rotatable bonds is 7. The summed E-state index contributed by atoms with van der Waals surface area (Å²) in [4.78, 5) is 13.1. The van der Waals surface area contributed by atoms with Crippen molar-refractivity contribution in [1.29, 1.82) is 0 Å². The topological polar surface area (TPSA) is 61.4 Å². The van der Waals surface area contributed by atoms with Gasteiger partial charge in [-0.25, -0.2) is 0 Å². The average Bonchev–Trinajstić information content (AvgIpc) is 2.58. The molecule has 0 aliphatic rings. The molecule has 0 saturated heterocycles. The van der Waals surface area contributed by atoms with Crippen molar-refractivity contribution in [3.05, 3.63) is 59.7 Å². The molecule has 1 amide bonds. The lowest BCUT2D eigenvalue weighted by molar-refractivity contribution is 0.0945. The Kier molecular flexibility index (Phi) is 6.30. The van der Waals surface area contributed by atoms with Crippen LogP contribution in [0.2, 0.25) is 0 Å². The van der Waals surface area contributed by atoms with E-state index in [1.165, 1.54) is 10.5 Å². The molecule has 0 fully saturated rings. The van der Waals surface area contributed by atoms with Crippen molar-refractivity contribution in [3.8, 4) is 0 Å². The predicted octanol–water partition coefficient (Wildman–Crippen LogP) is 2.74. The zero-order chi connectivity index (χ0) is 15.8. The van der Waals surface area contributed by atoms with E-state index in [1.807, 2.05) is 18.2 Å². The Bertz CT molecular complexity index is 614. The highest BCUT2D eigenvalue weighted by atomic mass is 32.2. The minimum Gasteiger partial charge on any atom is -0.395 e. The number of aliphatic hydroxyl groups is 1. The highest BCUT2D eigenvalue weighted by Gasteiger charge is 2.05. The van der Waals surface area contributed by atoms with Gasteiger partial charge in [0.2, 0.25) is 0 Å². The van der Waals surface area contributed by atoms with Gasteiger partial charge in [-0.2, -0.15) is 0 Å². The van der Waals surface area contributed by atoms with Crippen molar-refractivity contribution in [2.24, 2.45) is 0 Å². The van der Waals surface area contributed by atoms with E-state index in [-0.39, 0.29) is 19.1 Å². The monoisotopic (exact) mass is 316 g/mol.